The fourth-order valence-electron chi connectivity index (χ4n) is 2.10. The van der Waals surface area contributed by atoms with Crippen molar-refractivity contribution in [2.75, 3.05) is 11.6 Å². The van der Waals surface area contributed by atoms with Crippen LogP contribution in [0.4, 0.5) is 6.01 Å². The van der Waals surface area contributed by atoms with Crippen molar-refractivity contribution in [1.82, 2.24) is 10.2 Å². The van der Waals surface area contributed by atoms with Crippen molar-refractivity contribution in [1.29, 1.82) is 5.26 Å². The second-order valence-electron chi connectivity index (χ2n) is 5.35. The second kappa shape index (κ2) is 6.78. The molecule has 0 bridgehead atoms. The quantitative estimate of drug-likeness (QED) is 0.748. The maximum absolute atomic E-state index is 12.1. The smallest absolute Gasteiger partial charge is 0.322 e. The van der Waals surface area contributed by atoms with Crippen LogP contribution in [0.1, 0.15) is 15.9 Å². The Morgan fingerprint density at radius 3 is 2.31 bits per heavy atom. The molecule has 1 aromatic heterocycles. The van der Waals surface area contributed by atoms with Gasteiger partial charge in [0.25, 0.3) is 5.91 Å². The number of hydrogen-bond donors (Lipinski definition) is 1. The summed E-state index contributed by atoms with van der Waals surface area (Å²) in [4.78, 5) is 12.3. The highest BCUT2D eigenvalue weighted by Gasteiger charge is 2.14. The molecular weight excluding hydrogens is 356 g/mol. The van der Waals surface area contributed by atoms with Crippen molar-refractivity contribution in [3.63, 3.8) is 0 Å². The van der Waals surface area contributed by atoms with E-state index in [1.54, 1.807) is 0 Å². The molecule has 2 aromatic carbocycles. The lowest BCUT2D eigenvalue weighted by molar-refractivity contribution is 0.102. The number of carbonyl (C=O) groups excluding carboxylic acids is 1. The topological polar surface area (TPSA) is 126 Å². The molecule has 130 valence electrons. The van der Waals surface area contributed by atoms with E-state index in [-0.39, 0.29) is 16.8 Å². The van der Waals surface area contributed by atoms with E-state index < -0.39 is 15.7 Å². The van der Waals surface area contributed by atoms with Crippen LogP contribution < -0.4 is 5.32 Å². The van der Waals surface area contributed by atoms with E-state index in [9.17, 15) is 13.2 Å². The number of nitrogens with zero attached hydrogens (tertiary/aromatic N) is 3. The highest BCUT2D eigenvalue weighted by Crippen LogP contribution is 2.22. The maximum Gasteiger partial charge on any atom is 0.322 e. The zero-order valence-corrected chi connectivity index (χ0v) is 14.3. The van der Waals surface area contributed by atoms with Gasteiger partial charge in [-0.2, -0.15) is 5.26 Å². The number of nitrogens with one attached hydrogen (secondary N) is 1. The van der Waals surface area contributed by atoms with Gasteiger partial charge in [0.1, 0.15) is 0 Å². The summed E-state index contributed by atoms with van der Waals surface area (Å²) in [6, 6.07) is 13.9. The summed E-state index contributed by atoms with van der Waals surface area (Å²) >= 11 is 0. The van der Waals surface area contributed by atoms with Crippen LogP contribution in [0.3, 0.4) is 0 Å². The van der Waals surface area contributed by atoms with E-state index in [1.165, 1.54) is 48.5 Å². The number of anilines is 1. The van der Waals surface area contributed by atoms with Crippen molar-refractivity contribution in [2.24, 2.45) is 0 Å². The summed E-state index contributed by atoms with van der Waals surface area (Å²) in [6.45, 7) is 0. The molecule has 1 heterocycles. The number of carbonyl (C=O) groups is 1. The Bertz CT molecular complexity index is 1090. The largest absolute Gasteiger partial charge is 0.403 e. The monoisotopic (exact) mass is 368 g/mol. The number of hydrogen-bond acceptors (Lipinski definition) is 7. The van der Waals surface area contributed by atoms with Crippen LogP contribution >= 0.6 is 0 Å². The minimum absolute atomic E-state index is 0.0958. The van der Waals surface area contributed by atoms with Gasteiger partial charge in [0.2, 0.25) is 5.89 Å². The van der Waals surface area contributed by atoms with Gasteiger partial charge in [0.15, 0.2) is 9.84 Å². The molecule has 1 N–H and O–H groups in total. The van der Waals surface area contributed by atoms with Crippen LogP contribution in [-0.4, -0.2) is 30.8 Å². The zero-order valence-electron chi connectivity index (χ0n) is 13.5. The molecule has 8 nitrogen and oxygen atoms in total. The third kappa shape index (κ3) is 3.76. The third-order valence-electron chi connectivity index (χ3n) is 3.45. The number of nitriles is 1. The summed E-state index contributed by atoms with van der Waals surface area (Å²) in [5.74, 6) is -0.322. The van der Waals surface area contributed by atoms with Gasteiger partial charge in [0.05, 0.1) is 16.5 Å². The van der Waals surface area contributed by atoms with Gasteiger partial charge in [-0.15, -0.1) is 5.10 Å². The van der Waals surface area contributed by atoms with E-state index in [0.717, 1.165) is 6.26 Å². The average Bonchev–Trinajstić information content (AvgIpc) is 3.09. The molecule has 0 saturated heterocycles. The lowest BCUT2D eigenvalue weighted by Gasteiger charge is -2.01. The highest BCUT2D eigenvalue weighted by molar-refractivity contribution is 7.90. The van der Waals surface area contributed by atoms with Crippen molar-refractivity contribution >= 4 is 21.8 Å². The predicted molar refractivity (Wildman–Crippen MR) is 92.0 cm³/mol. The van der Waals surface area contributed by atoms with Crippen molar-refractivity contribution in [3.8, 4) is 17.5 Å². The van der Waals surface area contributed by atoms with Gasteiger partial charge in [-0.1, -0.05) is 5.10 Å². The lowest BCUT2D eigenvalue weighted by atomic mass is 10.1. The average molecular weight is 368 g/mol. The van der Waals surface area contributed by atoms with E-state index in [4.69, 9.17) is 9.68 Å². The summed E-state index contributed by atoms with van der Waals surface area (Å²) in [5.41, 5.74) is 1.30. The fourth-order valence-corrected chi connectivity index (χ4v) is 2.73. The van der Waals surface area contributed by atoms with Gasteiger partial charge < -0.3 is 4.42 Å². The third-order valence-corrected chi connectivity index (χ3v) is 4.58. The van der Waals surface area contributed by atoms with Crippen LogP contribution in [0.5, 0.6) is 0 Å². The Hall–Kier alpha value is -3.51. The summed E-state index contributed by atoms with van der Waals surface area (Å²) in [5, 5.41) is 18.8. The highest BCUT2D eigenvalue weighted by atomic mass is 32.2. The molecular formula is C17H12N4O4S. The Balaban J connectivity index is 1.75. The van der Waals surface area contributed by atoms with Crippen LogP contribution in [0, 0.1) is 11.3 Å². The van der Waals surface area contributed by atoms with Gasteiger partial charge in [-0.25, -0.2) is 8.42 Å². The molecule has 0 aliphatic rings. The predicted octanol–water partition coefficient (Wildman–Crippen LogP) is 2.26. The second-order valence-corrected chi connectivity index (χ2v) is 7.37. The standard InChI is InChI=1S/C17H12N4O4S/c1-26(23,24)14-8-6-13(7-9-14)16-20-21-17(25-16)19-15(22)12-4-2-11(10-18)3-5-12/h2-9H,1H3,(H,19,21,22). The Morgan fingerprint density at radius 2 is 1.73 bits per heavy atom. The number of sulfone groups is 1. The number of benzene rings is 2. The molecule has 0 fully saturated rings. The molecule has 26 heavy (non-hydrogen) atoms. The first-order valence-corrected chi connectivity index (χ1v) is 9.21. The first kappa shape index (κ1) is 17.3. The molecule has 1 amide bonds. The van der Waals surface area contributed by atoms with Crippen molar-refractivity contribution in [2.45, 2.75) is 4.90 Å². The number of aromatic nitrogens is 2. The first-order chi connectivity index (χ1) is 12.4. The van der Waals surface area contributed by atoms with E-state index >= 15 is 0 Å². The van der Waals surface area contributed by atoms with Crippen molar-refractivity contribution < 1.29 is 17.6 Å². The van der Waals surface area contributed by atoms with Crippen molar-refractivity contribution in [3.05, 3.63) is 59.7 Å². The summed E-state index contributed by atoms with van der Waals surface area (Å²) < 4.78 is 28.3. The first-order valence-electron chi connectivity index (χ1n) is 7.32. The van der Waals surface area contributed by atoms with Gasteiger partial charge >= 0.3 is 6.01 Å². The molecule has 0 aliphatic heterocycles. The minimum Gasteiger partial charge on any atom is -0.403 e. The normalized spacial score (nSPS) is 10.9. The van der Waals surface area contributed by atoms with Gasteiger partial charge in [0, 0.05) is 17.4 Å². The molecule has 0 aliphatic carbocycles. The maximum atomic E-state index is 12.1. The Labute approximate surface area is 149 Å². The Kier molecular flexibility index (Phi) is 4.51. The molecule has 9 heteroatoms. The number of amides is 1. The van der Waals surface area contributed by atoms with E-state index in [1.807, 2.05) is 6.07 Å². The van der Waals surface area contributed by atoms with Crippen LogP contribution in [-0.2, 0) is 9.84 Å². The van der Waals surface area contributed by atoms with E-state index in [0.29, 0.717) is 16.7 Å². The minimum atomic E-state index is -3.29. The van der Waals surface area contributed by atoms with Crippen LogP contribution in [0.2, 0.25) is 0 Å². The molecule has 0 saturated carbocycles. The summed E-state index contributed by atoms with van der Waals surface area (Å²) in [7, 11) is -3.29. The molecule has 0 spiro atoms. The van der Waals surface area contributed by atoms with Crippen LogP contribution in [0.15, 0.2) is 57.8 Å². The summed E-state index contributed by atoms with van der Waals surface area (Å²) in [6.07, 6.45) is 1.12. The van der Waals surface area contributed by atoms with Gasteiger partial charge in [-0.3, -0.25) is 10.1 Å². The SMILES string of the molecule is CS(=O)(=O)c1ccc(-c2nnc(NC(=O)c3ccc(C#N)cc3)o2)cc1. The van der Waals surface area contributed by atoms with Gasteiger partial charge in [-0.05, 0) is 48.5 Å². The lowest BCUT2D eigenvalue weighted by Crippen LogP contribution is -2.11. The molecule has 0 unspecified atom stereocenters. The van der Waals surface area contributed by atoms with Crippen LogP contribution in [0.25, 0.3) is 11.5 Å². The number of rotatable bonds is 4. The zero-order chi connectivity index (χ0) is 18.7. The molecule has 0 radical (unpaired) electrons. The Morgan fingerprint density at radius 1 is 1.08 bits per heavy atom. The molecule has 0 atom stereocenters. The molecule has 3 aromatic rings. The molecule has 3 rings (SSSR count). The fraction of sp³-hybridized carbons (Fsp3) is 0.0588. The van der Waals surface area contributed by atoms with E-state index in [2.05, 4.69) is 15.5 Å².